The quantitative estimate of drug-likeness (QED) is 0.482. The van der Waals surface area contributed by atoms with E-state index < -0.39 is 12.3 Å². The number of ether oxygens (including phenoxy) is 1. The second-order valence-electron chi connectivity index (χ2n) is 7.26. The molecule has 4 fully saturated rings. The molecule has 106 valence electrons. The van der Waals surface area contributed by atoms with E-state index in [1.165, 1.54) is 38.5 Å². The van der Waals surface area contributed by atoms with E-state index in [0.29, 0.717) is 12.0 Å². The molecule has 1 atom stereocenters. The standard InChI is InChI=1S/C16H24O3/c1-10(2)15(18)19-14(17)9-16-6-11-3-12(7-16)5-13(4-11)8-16/h11-14,17H,1,3-9H2,2H3. The van der Waals surface area contributed by atoms with Crippen molar-refractivity contribution in [1.82, 2.24) is 0 Å². The van der Waals surface area contributed by atoms with Crippen molar-refractivity contribution in [2.24, 2.45) is 23.2 Å². The van der Waals surface area contributed by atoms with Crippen LogP contribution in [-0.4, -0.2) is 17.4 Å². The first-order valence-corrected chi connectivity index (χ1v) is 7.50. The van der Waals surface area contributed by atoms with Gasteiger partial charge in [0.25, 0.3) is 0 Å². The van der Waals surface area contributed by atoms with Crippen LogP contribution in [0.25, 0.3) is 0 Å². The second-order valence-corrected chi connectivity index (χ2v) is 7.26. The summed E-state index contributed by atoms with van der Waals surface area (Å²) in [6.07, 6.45) is 7.50. The molecule has 0 amide bonds. The normalized spacial score (nSPS) is 41.1. The highest BCUT2D eigenvalue weighted by molar-refractivity contribution is 5.86. The zero-order valence-electron chi connectivity index (χ0n) is 11.7. The summed E-state index contributed by atoms with van der Waals surface area (Å²) < 4.78 is 5.07. The van der Waals surface area contributed by atoms with Gasteiger partial charge in [0, 0.05) is 12.0 Å². The van der Waals surface area contributed by atoms with E-state index in [2.05, 4.69) is 6.58 Å². The molecule has 0 radical (unpaired) electrons. The van der Waals surface area contributed by atoms with Crippen molar-refractivity contribution in [1.29, 1.82) is 0 Å². The molecule has 0 aromatic heterocycles. The molecular weight excluding hydrogens is 240 g/mol. The maximum absolute atomic E-state index is 11.5. The summed E-state index contributed by atoms with van der Waals surface area (Å²) in [5.74, 6) is 2.10. The summed E-state index contributed by atoms with van der Waals surface area (Å²) in [6.45, 7) is 5.16. The number of aliphatic hydroxyl groups excluding tert-OH is 1. The molecular formula is C16H24O3. The predicted molar refractivity (Wildman–Crippen MR) is 72.1 cm³/mol. The van der Waals surface area contributed by atoms with E-state index in [4.69, 9.17) is 4.74 Å². The molecule has 0 aromatic rings. The Morgan fingerprint density at radius 1 is 1.26 bits per heavy atom. The highest BCUT2D eigenvalue weighted by atomic mass is 16.6. The van der Waals surface area contributed by atoms with Gasteiger partial charge in [-0.25, -0.2) is 4.79 Å². The van der Waals surface area contributed by atoms with Crippen LogP contribution >= 0.6 is 0 Å². The van der Waals surface area contributed by atoms with E-state index in [9.17, 15) is 9.90 Å². The molecule has 4 bridgehead atoms. The van der Waals surface area contributed by atoms with Gasteiger partial charge in [-0.2, -0.15) is 0 Å². The fraction of sp³-hybridized carbons (Fsp3) is 0.812. The Balaban J connectivity index is 1.63. The van der Waals surface area contributed by atoms with Crippen molar-refractivity contribution in [2.75, 3.05) is 0 Å². The van der Waals surface area contributed by atoms with Crippen LogP contribution < -0.4 is 0 Å². The molecule has 4 rings (SSSR count). The van der Waals surface area contributed by atoms with Crippen LogP contribution in [0.3, 0.4) is 0 Å². The lowest BCUT2D eigenvalue weighted by Crippen LogP contribution is -2.47. The fourth-order valence-electron chi connectivity index (χ4n) is 5.18. The third-order valence-electron chi connectivity index (χ3n) is 5.36. The molecule has 4 saturated carbocycles. The molecule has 0 heterocycles. The molecule has 3 nitrogen and oxygen atoms in total. The van der Waals surface area contributed by atoms with Crippen LogP contribution in [0.5, 0.6) is 0 Å². The first-order chi connectivity index (χ1) is 8.96. The van der Waals surface area contributed by atoms with Crippen molar-refractivity contribution in [3.63, 3.8) is 0 Å². The number of carbonyl (C=O) groups excluding carboxylic acids is 1. The van der Waals surface area contributed by atoms with E-state index in [-0.39, 0.29) is 5.41 Å². The maximum Gasteiger partial charge on any atom is 0.335 e. The topological polar surface area (TPSA) is 46.5 Å². The summed E-state index contributed by atoms with van der Waals surface area (Å²) >= 11 is 0. The number of carbonyl (C=O) groups is 1. The van der Waals surface area contributed by atoms with Crippen LogP contribution in [0.2, 0.25) is 0 Å². The zero-order chi connectivity index (χ0) is 13.6. The van der Waals surface area contributed by atoms with Crippen molar-refractivity contribution in [3.8, 4) is 0 Å². The SMILES string of the molecule is C=C(C)C(=O)OC(O)CC12CC3CC(CC(C3)C1)C2. The van der Waals surface area contributed by atoms with Gasteiger partial charge in [0.1, 0.15) is 0 Å². The molecule has 0 spiro atoms. The van der Waals surface area contributed by atoms with Crippen molar-refractivity contribution >= 4 is 5.97 Å². The van der Waals surface area contributed by atoms with Gasteiger partial charge in [0.15, 0.2) is 0 Å². The van der Waals surface area contributed by atoms with Crippen LogP contribution in [0.4, 0.5) is 0 Å². The van der Waals surface area contributed by atoms with Gasteiger partial charge >= 0.3 is 5.97 Å². The van der Waals surface area contributed by atoms with E-state index in [1.54, 1.807) is 6.92 Å². The first-order valence-electron chi connectivity index (χ1n) is 7.50. The Morgan fingerprint density at radius 3 is 2.16 bits per heavy atom. The third-order valence-corrected chi connectivity index (χ3v) is 5.36. The minimum Gasteiger partial charge on any atom is -0.433 e. The third kappa shape index (κ3) is 2.58. The van der Waals surface area contributed by atoms with Crippen LogP contribution in [-0.2, 0) is 9.53 Å². The Labute approximate surface area is 115 Å². The van der Waals surface area contributed by atoms with Crippen molar-refractivity contribution in [2.45, 2.75) is 58.2 Å². The number of esters is 1. The maximum atomic E-state index is 11.5. The number of rotatable bonds is 4. The average molecular weight is 264 g/mol. The zero-order valence-corrected chi connectivity index (χ0v) is 11.7. The second kappa shape index (κ2) is 4.62. The van der Waals surface area contributed by atoms with Crippen molar-refractivity contribution in [3.05, 3.63) is 12.2 Å². The lowest BCUT2D eigenvalue weighted by Gasteiger charge is -2.57. The molecule has 19 heavy (non-hydrogen) atoms. The van der Waals surface area contributed by atoms with Gasteiger partial charge in [-0.15, -0.1) is 0 Å². The number of hydrogen-bond donors (Lipinski definition) is 1. The van der Waals surface area contributed by atoms with E-state index in [0.717, 1.165) is 17.8 Å². The Morgan fingerprint density at radius 2 is 1.74 bits per heavy atom. The molecule has 0 aliphatic heterocycles. The first kappa shape index (κ1) is 13.2. The van der Waals surface area contributed by atoms with Gasteiger partial charge in [0.2, 0.25) is 6.29 Å². The highest BCUT2D eigenvalue weighted by Crippen LogP contribution is 2.61. The van der Waals surface area contributed by atoms with Gasteiger partial charge in [-0.3, -0.25) is 0 Å². The minimum absolute atomic E-state index is 0.240. The van der Waals surface area contributed by atoms with Crippen LogP contribution in [0.15, 0.2) is 12.2 Å². The summed E-state index contributed by atoms with van der Waals surface area (Å²) in [4.78, 5) is 11.5. The Hall–Kier alpha value is -0.830. The van der Waals surface area contributed by atoms with Crippen LogP contribution in [0, 0.1) is 23.2 Å². The van der Waals surface area contributed by atoms with Crippen molar-refractivity contribution < 1.29 is 14.6 Å². The van der Waals surface area contributed by atoms with Gasteiger partial charge in [0.05, 0.1) is 0 Å². The molecule has 4 aliphatic rings. The fourth-order valence-corrected chi connectivity index (χ4v) is 5.18. The van der Waals surface area contributed by atoms with Gasteiger partial charge < -0.3 is 9.84 Å². The lowest BCUT2D eigenvalue weighted by molar-refractivity contribution is -0.176. The summed E-state index contributed by atoms with van der Waals surface area (Å²) in [6, 6.07) is 0. The van der Waals surface area contributed by atoms with Gasteiger partial charge in [-0.1, -0.05) is 6.58 Å². The minimum atomic E-state index is -0.958. The molecule has 1 unspecified atom stereocenters. The monoisotopic (exact) mass is 264 g/mol. The number of hydrogen-bond acceptors (Lipinski definition) is 3. The lowest BCUT2D eigenvalue weighted by atomic mass is 9.49. The predicted octanol–water partition coefficient (Wildman–Crippen LogP) is 3.03. The molecule has 3 heteroatoms. The van der Waals surface area contributed by atoms with Gasteiger partial charge in [-0.05, 0) is 68.6 Å². The highest BCUT2D eigenvalue weighted by Gasteiger charge is 2.51. The average Bonchev–Trinajstić information content (AvgIpc) is 2.25. The Bertz CT molecular complexity index is 364. The van der Waals surface area contributed by atoms with E-state index in [1.807, 2.05) is 0 Å². The van der Waals surface area contributed by atoms with Crippen LogP contribution in [0.1, 0.15) is 51.9 Å². The molecule has 4 aliphatic carbocycles. The number of aliphatic hydroxyl groups is 1. The van der Waals surface area contributed by atoms with E-state index >= 15 is 0 Å². The summed E-state index contributed by atoms with van der Waals surface area (Å²) in [7, 11) is 0. The largest absolute Gasteiger partial charge is 0.433 e. The Kier molecular flexibility index (Phi) is 3.20. The summed E-state index contributed by atoms with van der Waals surface area (Å²) in [5, 5.41) is 10.0. The smallest absolute Gasteiger partial charge is 0.335 e. The molecule has 0 aromatic carbocycles. The molecule has 0 saturated heterocycles. The summed E-state index contributed by atoms with van der Waals surface area (Å²) in [5.41, 5.74) is 0.591. The molecule has 1 N–H and O–H groups in total.